The number of rotatable bonds is 14. The second-order valence-corrected chi connectivity index (χ2v) is 6.21. The van der Waals surface area contributed by atoms with E-state index in [1.165, 1.54) is 20.8 Å². The van der Waals surface area contributed by atoms with Crippen LogP contribution in [0, 0.1) is 10.8 Å². The average Bonchev–Trinajstić information content (AvgIpc) is 2.74. The first kappa shape index (κ1) is 27.3. The Balaban J connectivity index is 6.96. The van der Waals surface area contributed by atoms with Crippen molar-refractivity contribution in [2.45, 2.75) is 27.2 Å². The minimum atomic E-state index is -3.39. The van der Waals surface area contributed by atoms with Crippen LogP contribution < -0.4 is 0 Å². The van der Waals surface area contributed by atoms with Gasteiger partial charge >= 0.3 is 17.9 Å². The molecule has 30 heavy (non-hydrogen) atoms. The topological polar surface area (TPSA) is 191 Å². The van der Waals surface area contributed by atoms with E-state index in [0.717, 1.165) is 0 Å². The van der Waals surface area contributed by atoms with Gasteiger partial charge in [-0.2, -0.15) is 0 Å². The summed E-state index contributed by atoms with van der Waals surface area (Å²) in [6.45, 7) is -0.364. The van der Waals surface area contributed by atoms with Crippen molar-refractivity contribution in [3.05, 3.63) is 0 Å². The Morgan fingerprint density at radius 2 is 0.867 bits per heavy atom. The van der Waals surface area contributed by atoms with E-state index in [-0.39, 0.29) is 19.8 Å². The molecule has 0 atom stereocenters. The summed E-state index contributed by atoms with van der Waals surface area (Å²) >= 11 is 0. The van der Waals surface area contributed by atoms with Gasteiger partial charge in [0.1, 0.15) is 0 Å². The van der Waals surface area contributed by atoms with E-state index < -0.39 is 72.3 Å². The summed E-state index contributed by atoms with van der Waals surface area (Å²) in [4.78, 5) is 75.1. The molecule has 0 aliphatic carbocycles. The number of Topliss-reactive ketones (excluding diaryl/α,β-unsaturated/α-hetero) is 3. The number of carbonyl (C=O) groups is 6. The second kappa shape index (κ2) is 12.1. The molecule has 0 saturated heterocycles. The van der Waals surface area contributed by atoms with Crippen molar-refractivity contribution in [3.8, 4) is 0 Å². The lowest BCUT2D eigenvalue weighted by molar-refractivity contribution is -0.175. The maximum atomic E-state index is 12.9. The molecule has 3 N–H and O–H groups in total. The SMILES string of the molecule is CCOC(=O)C(=O)C(CC(CO)(CO)CO)(C(=O)C(=O)OCC)C(=O)C(=O)OCC. The molecule has 0 radical (unpaired) electrons. The van der Waals surface area contributed by atoms with Crippen molar-refractivity contribution < 1.29 is 58.3 Å². The fourth-order valence-corrected chi connectivity index (χ4v) is 2.54. The highest BCUT2D eigenvalue weighted by Gasteiger charge is 2.63. The molecule has 0 aromatic heterocycles. The predicted molar refractivity (Wildman–Crippen MR) is 95.7 cm³/mol. The number of carbonyl (C=O) groups excluding carboxylic acids is 6. The minimum absolute atomic E-state index is 0.354. The standard InChI is InChI=1S/C18H26O12/c1-4-28-14(25)11(22)18(12(23)15(26)29-5-2,13(24)16(27)30-6-3)7-17(8-19,9-20)10-21/h19-21H,4-10H2,1-3H3. The van der Waals surface area contributed by atoms with Gasteiger partial charge in [0.25, 0.3) is 17.3 Å². The third-order valence-corrected chi connectivity index (χ3v) is 4.19. The molecule has 0 heterocycles. The van der Waals surface area contributed by atoms with Gasteiger partial charge in [-0.3, -0.25) is 14.4 Å². The summed E-state index contributed by atoms with van der Waals surface area (Å²) in [7, 11) is 0. The number of ether oxygens (including phenoxy) is 3. The van der Waals surface area contributed by atoms with E-state index >= 15 is 0 Å². The van der Waals surface area contributed by atoms with Crippen LogP contribution in [0.25, 0.3) is 0 Å². The Hall–Kier alpha value is -2.70. The number of aliphatic hydroxyl groups is 3. The molecule has 0 unspecified atom stereocenters. The van der Waals surface area contributed by atoms with Crippen LogP contribution in [0.1, 0.15) is 27.2 Å². The molecule has 170 valence electrons. The molecule has 0 rings (SSSR count). The van der Waals surface area contributed by atoms with E-state index in [9.17, 15) is 44.1 Å². The summed E-state index contributed by atoms with van der Waals surface area (Å²) < 4.78 is 13.6. The first-order valence-corrected chi connectivity index (χ1v) is 9.04. The maximum Gasteiger partial charge on any atom is 0.376 e. The molecule has 0 spiro atoms. The van der Waals surface area contributed by atoms with E-state index in [1.807, 2.05) is 0 Å². The Bertz CT molecular complexity index is 594. The normalized spacial score (nSPS) is 11.4. The molecule has 12 heteroatoms. The highest BCUT2D eigenvalue weighted by Crippen LogP contribution is 2.38. The van der Waals surface area contributed by atoms with Crippen molar-refractivity contribution in [2.75, 3.05) is 39.6 Å². The van der Waals surface area contributed by atoms with Crippen molar-refractivity contribution in [1.82, 2.24) is 0 Å². The average molecular weight is 434 g/mol. The summed E-state index contributed by atoms with van der Waals surface area (Å²) in [5.41, 5.74) is -5.51. The molecule has 0 aliphatic rings. The Morgan fingerprint density at radius 3 is 1.07 bits per heavy atom. The molecular formula is C18H26O12. The molecule has 0 aromatic carbocycles. The van der Waals surface area contributed by atoms with Crippen LogP contribution in [0.5, 0.6) is 0 Å². The molecule has 0 aliphatic heterocycles. The molecule has 12 nitrogen and oxygen atoms in total. The fraction of sp³-hybridized carbons (Fsp3) is 0.667. The summed E-state index contributed by atoms with van der Waals surface area (Å²) in [6, 6.07) is 0. The van der Waals surface area contributed by atoms with Crippen molar-refractivity contribution in [1.29, 1.82) is 0 Å². The third kappa shape index (κ3) is 5.68. The molecular weight excluding hydrogens is 408 g/mol. The zero-order valence-corrected chi connectivity index (χ0v) is 17.0. The summed E-state index contributed by atoms with van der Waals surface area (Å²) in [5, 5.41) is 28.8. The number of ketones is 3. The lowest BCUT2D eigenvalue weighted by Gasteiger charge is -2.36. The largest absolute Gasteiger partial charge is 0.460 e. The van der Waals surface area contributed by atoms with Gasteiger partial charge in [0.05, 0.1) is 39.6 Å². The predicted octanol–water partition coefficient (Wildman–Crippen LogP) is -2.28. The van der Waals surface area contributed by atoms with Crippen LogP contribution in [-0.4, -0.2) is 90.2 Å². The zero-order valence-electron chi connectivity index (χ0n) is 17.0. The van der Waals surface area contributed by atoms with Crippen LogP contribution in [0.15, 0.2) is 0 Å². The van der Waals surface area contributed by atoms with E-state index in [1.54, 1.807) is 0 Å². The lowest BCUT2D eigenvalue weighted by Crippen LogP contribution is -2.59. The second-order valence-electron chi connectivity index (χ2n) is 6.21. The van der Waals surface area contributed by atoms with Gasteiger partial charge in [0.15, 0.2) is 5.41 Å². The smallest absolute Gasteiger partial charge is 0.376 e. The van der Waals surface area contributed by atoms with E-state index in [0.29, 0.717) is 0 Å². The van der Waals surface area contributed by atoms with Crippen LogP contribution in [0.2, 0.25) is 0 Å². The minimum Gasteiger partial charge on any atom is -0.460 e. The van der Waals surface area contributed by atoms with Crippen LogP contribution in [0.4, 0.5) is 0 Å². The summed E-state index contributed by atoms with van der Waals surface area (Å²) in [6.07, 6.45) is -1.27. The monoisotopic (exact) mass is 434 g/mol. The van der Waals surface area contributed by atoms with Gasteiger partial charge in [0, 0.05) is 5.41 Å². The Kier molecular flexibility index (Phi) is 11.0. The molecule has 0 saturated carbocycles. The van der Waals surface area contributed by atoms with Crippen LogP contribution in [0.3, 0.4) is 0 Å². The van der Waals surface area contributed by atoms with E-state index in [4.69, 9.17) is 0 Å². The quantitative estimate of drug-likeness (QED) is 0.115. The van der Waals surface area contributed by atoms with Crippen molar-refractivity contribution in [3.63, 3.8) is 0 Å². The van der Waals surface area contributed by atoms with Crippen LogP contribution >= 0.6 is 0 Å². The highest BCUT2D eigenvalue weighted by molar-refractivity contribution is 6.61. The summed E-state index contributed by atoms with van der Waals surface area (Å²) in [5.74, 6) is -10.9. The molecule has 0 fully saturated rings. The molecule has 0 amide bonds. The van der Waals surface area contributed by atoms with Gasteiger partial charge in [-0.1, -0.05) is 0 Å². The van der Waals surface area contributed by atoms with Crippen molar-refractivity contribution in [2.24, 2.45) is 10.8 Å². The van der Waals surface area contributed by atoms with Gasteiger partial charge in [-0.25, -0.2) is 14.4 Å². The van der Waals surface area contributed by atoms with Gasteiger partial charge in [-0.15, -0.1) is 0 Å². The highest BCUT2D eigenvalue weighted by atomic mass is 16.5. The number of aliphatic hydroxyl groups excluding tert-OH is 3. The Morgan fingerprint density at radius 1 is 0.600 bits per heavy atom. The molecule has 0 bridgehead atoms. The third-order valence-electron chi connectivity index (χ3n) is 4.19. The van der Waals surface area contributed by atoms with Gasteiger partial charge < -0.3 is 29.5 Å². The first-order chi connectivity index (χ1) is 14.1. The van der Waals surface area contributed by atoms with Gasteiger partial charge in [-0.05, 0) is 27.2 Å². The first-order valence-electron chi connectivity index (χ1n) is 9.04. The number of hydrogen-bond donors (Lipinski definition) is 3. The van der Waals surface area contributed by atoms with E-state index in [2.05, 4.69) is 14.2 Å². The molecule has 0 aromatic rings. The number of esters is 3. The fourth-order valence-electron chi connectivity index (χ4n) is 2.54. The lowest BCUT2D eigenvalue weighted by atomic mass is 9.64. The number of hydrogen-bond acceptors (Lipinski definition) is 12. The van der Waals surface area contributed by atoms with Crippen LogP contribution in [-0.2, 0) is 43.0 Å². The zero-order chi connectivity index (χ0) is 23.5. The maximum absolute atomic E-state index is 12.9. The van der Waals surface area contributed by atoms with Crippen molar-refractivity contribution >= 4 is 35.3 Å². The van der Waals surface area contributed by atoms with Gasteiger partial charge in [0.2, 0.25) is 0 Å². The Labute approximate surface area is 172 Å².